The van der Waals surface area contributed by atoms with Crippen molar-refractivity contribution in [1.29, 1.82) is 0 Å². The molecule has 2 rings (SSSR count). The first-order valence-corrected chi connectivity index (χ1v) is 6.39. The first kappa shape index (κ1) is 21.9. The highest BCUT2D eigenvalue weighted by atomic mass is 16.5. The van der Waals surface area contributed by atoms with Crippen molar-refractivity contribution in [3.63, 3.8) is 0 Å². The van der Waals surface area contributed by atoms with E-state index < -0.39 is 0 Å². The van der Waals surface area contributed by atoms with E-state index >= 15 is 0 Å². The summed E-state index contributed by atoms with van der Waals surface area (Å²) in [5.41, 5.74) is 0. The molecule has 0 saturated carbocycles. The molecule has 0 aromatic carbocycles. The van der Waals surface area contributed by atoms with Crippen molar-refractivity contribution in [1.82, 2.24) is 19.6 Å². The average molecular weight is 302 g/mol. The first-order chi connectivity index (χ1) is 9.15. The maximum absolute atomic E-state index is 4.94. The standard InChI is InChI=1S/C7H14N2O.C6H12N2O.2CH4/c1-8-3-4-9(7-8)5-6-10-2;1-7-3-4-8(5-7)6-9-2;;/h3-4H,5-7H2,1-2H3;3-4H,5-6H2,1-2H3;2*1H4. The number of hydrogen-bond donors (Lipinski definition) is 0. The van der Waals surface area contributed by atoms with E-state index in [1.165, 1.54) is 0 Å². The van der Waals surface area contributed by atoms with Crippen LogP contribution in [0.2, 0.25) is 0 Å². The largest absolute Gasteiger partial charge is 0.383 e. The maximum atomic E-state index is 4.94. The summed E-state index contributed by atoms with van der Waals surface area (Å²) in [6.07, 6.45) is 8.19. The summed E-state index contributed by atoms with van der Waals surface area (Å²) in [5.74, 6) is 0. The van der Waals surface area contributed by atoms with Gasteiger partial charge >= 0.3 is 0 Å². The van der Waals surface area contributed by atoms with Crippen LogP contribution < -0.4 is 0 Å². The molecule has 0 fully saturated rings. The summed E-state index contributed by atoms with van der Waals surface area (Å²) in [6, 6.07) is 0. The van der Waals surface area contributed by atoms with Gasteiger partial charge in [0.25, 0.3) is 0 Å². The number of ether oxygens (including phenoxy) is 2. The lowest BCUT2D eigenvalue weighted by atomic mass is 10.6. The van der Waals surface area contributed by atoms with Gasteiger partial charge in [-0.15, -0.1) is 0 Å². The summed E-state index contributed by atoms with van der Waals surface area (Å²) in [5, 5.41) is 0. The quantitative estimate of drug-likeness (QED) is 0.770. The minimum atomic E-state index is 0. The Kier molecular flexibility index (Phi) is 12.9. The molecule has 6 nitrogen and oxygen atoms in total. The smallest absolute Gasteiger partial charge is 0.119 e. The van der Waals surface area contributed by atoms with Crippen molar-refractivity contribution in [3.05, 3.63) is 24.8 Å². The minimum Gasteiger partial charge on any atom is -0.383 e. The fourth-order valence-corrected chi connectivity index (χ4v) is 1.78. The average Bonchev–Trinajstić information content (AvgIpc) is 2.97. The van der Waals surface area contributed by atoms with E-state index in [0.29, 0.717) is 6.73 Å². The molecule has 0 saturated heterocycles. The molecule has 0 unspecified atom stereocenters. The van der Waals surface area contributed by atoms with E-state index in [4.69, 9.17) is 9.47 Å². The maximum Gasteiger partial charge on any atom is 0.119 e. The van der Waals surface area contributed by atoms with Gasteiger partial charge in [0.05, 0.1) is 19.9 Å². The molecular weight excluding hydrogens is 268 g/mol. The Morgan fingerprint density at radius 3 is 1.71 bits per heavy atom. The molecule has 6 heteroatoms. The molecule has 2 heterocycles. The van der Waals surface area contributed by atoms with Crippen LogP contribution in [0.4, 0.5) is 0 Å². The lowest BCUT2D eigenvalue weighted by molar-refractivity contribution is 0.0856. The van der Waals surface area contributed by atoms with Gasteiger partial charge in [0.15, 0.2) is 0 Å². The summed E-state index contributed by atoms with van der Waals surface area (Å²) in [4.78, 5) is 8.53. The van der Waals surface area contributed by atoms with Crippen LogP contribution in [-0.4, -0.2) is 81.1 Å². The van der Waals surface area contributed by atoms with E-state index in [9.17, 15) is 0 Å². The van der Waals surface area contributed by atoms with Gasteiger partial charge < -0.3 is 29.1 Å². The molecule has 2 aliphatic rings. The van der Waals surface area contributed by atoms with E-state index in [0.717, 1.165) is 26.5 Å². The van der Waals surface area contributed by atoms with E-state index in [1.807, 2.05) is 19.4 Å². The van der Waals surface area contributed by atoms with Gasteiger partial charge in [0.2, 0.25) is 0 Å². The second-order valence-corrected chi connectivity index (χ2v) is 4.70. The lowest BCUT2D eigenvalue weighted by Gasteiger charge is -2.16. The van der Waals surface area contributed by atoms with Gasteiger partial charge in [-0.2, -0.15) is 0 Å². The summed E-state index contributed by atoms with van der Waals surface area (Å²) >= 11 is 0. The van der Waals surface area contributed by atoms with Crippen molar-refractivity contribution in [3.8, 4) is 0 Å². The zero-order chi connectivity index (χ0) is 14.1. The second kappa shape index (κ2) is 12.3. The zero-order valence-electron chi connectivity index (χ0n) is 12.5. The molecule has 0 atom stereocenters. The molecule has 0 aliphatic carbocycles. The van der Waals surface area contributed by atoms with Gasteiger partial charge in [0, 0.05) is 59.7 Å². The SMILES string of the molecule is C.C.COCCN1C=CN(C)C1.COCN1C=CN(C)C1. The van der Waals surface area contributed by atoms with E-state index in [2.05, 4.69) is 39.0 Å². The normalized spacial score (nSPS) is 15.6. The summed E-state index contributed by atoms with van der Waals surface area (Å²) in [7, 11) is 7.52. The van der Waals surface area contributed by atoms with Gasteiger partial charge in [-0.25, -0.2) is 0 Å². The van der Waals surface area contributed by atoms with Crippen molar-refractivity contribution >= 4 is 0 Å². The molecule has 0 radical (unpaired) electrons. The number of rotatable bonds is 5. The number of methoxy groups -OCH3 is 2. The molecule has 0 spiro atoms. The Labute approximate surface area is 131 Å². The number of hydrogen-bond acceptors (Lipinski definition) is 6. The molecule has 0 amide bonds. The van der Waals surface area contributed by atoms with Gasteiger partial charge in [-0.05, 0) is 0 Å². The predicted molar refractivity (Wildman–Crippen MR) is 89.3 cm³/mol. The van der Waals surface area contributed by atoms with Crippen LogP contribution in [-0.2, 0) is 9.47 Å². The van der Waals surface area contributed by atoms with E-state index in [1.54, 1.807) is 14.2 Å². The molecular formula is C15H34N4O2. The Morgan fingerprint density at radius 1 is 0.810 bits per heavy atom. The Bertz CT molecular complexity index is 297. The Morgan fingerprint density at radius 2 is 1.33 bits per heavy atom. The first-order valence-electron chi connectivity index (χ1n) is 6.39. The molecule has 0 aromatic rings. The fraction of sp³-hybridized carbons (Fsp3) is 0.733. The molecule has 2 aliphatic heterocycles. The summed E-state index contributed by atoms with van der Waals surface area (Å²) in [6.45, 7) is 4.40. The lowest BCUT2D eigenvalue weighted by Crippen LogP contribution is -2.25. The second-order valence-electron chi connectivity index (χ2n) is 4.70. The third-order valence-corrected chi connectivity index (χ3v) is 2.75. The van der Waals surface area contributed by atoms with Crippen LogP contribution >= 0.6 is 0 Å². The highest BCUT2D eigenvalue weighted by Crippen LogP contribution is 2.02. The number of nitrogens with zero attached hydrogens (tertiary/aromatic N) is 4. The molecule has 126 valence electrons. The Balaban J connectivity index is 0. The molecule has 0 aromatic heterocycles. The zero-order valence-corrected chi connectivity index (χ0v) is 12.5. The van der Waals surface area contributed by atoms with Crippen molar-refractivity contribution in [2.45, 2.75) is 14.9 Å². The van der Waals surface area contributed by atoms with Crippen LogP contribution in [0, 0.1) is 0 Å². The van der Waals surface area contributed by atoms with Crippen molar-refractivity contribution in [2.24, 2.45) is 0 Å². The fourth-order valence-electron chi connectivity index (χ4n) is 1.78. The van der Waals surface area contributed by atoms with Gasteiger partial charge in [-0.1, -0.05) is 14.9 Å². The van der Waals surface area contributed by atoms with E-state index in [-0.39, 0.29) is 14.9 Å². The highest BCUT2D eigenvalue weighted by molar-refractivity contribution is 4.88. The molecule has 21 heavy (non-hydrogen) atoms. The highest BCUT2D eigenvalue weighted by Gasteiger charge is 2.06. The Hall–Kier alpha value is -1.40. The van der Waals surface area contributed by atoms with Crippen LogP contribution in [0.3, 0.4) is 0 Å². The minimum absolute atomic E-state index is 0. The molecule has 0 N–H and O–H groups in total. The topological polar surface area (TPSA) is 31.4 Å². The molecule has 0 bridgehead atoms. The van der Waals surface area contributed by atoms with Crippen LogP contribution in [0.25, 0.3) is 0 Å². The summed E-state index contributed by atoms with van der Waals surface area (Å²) < 4.78 is 9.87. The van der Waals surface area contributed by atoms with Gasteiger partial charge in [-0.3, -0.25) is 0 Å². The van der Waals surface area contributed by atoms with Crippen molar-refractivity contribution in [2.75, 3.05) is 61.5 Å². The van der Waals surface area contributed by atoms with Gasteiger partial charge in [0.1, 0.15) is 6.73 Å². The third kappa shape index (κ3) is 9.20. The third-order valence-electron chi connectivity index (χ3n) is 2.75. The monoisotopic (exact) mass is 302 g/mol. The van der Waals surface area contributed by atoms with Crippen LogP contribution in [0.5, 0.6) is 0 Å². The van der Waals surface area contributed by atoms with Crippen LogP contribution in [0.1, 0.15) is 14.9 Å². The predicted octanol–water partition coefficient (Wildman–Crippen LogP) is 1.85. The van der Waals surface area contributed by atoms with Crippen LogP contribution in [0.15, 0.2) is 24.8 Å². The van der Waals surface area contributed by atoms with Crippen molar-refractivity contribution < 1.29 is 9.47 Å².